The topological polar surface area (TPSA) is 49.7 Å². The first kappa shape index (κ1) is 14.0. The van der Waals surface area contributed by atoms with Crippen LogP contribution in [0.4, 0.5) is 5.69 Å². The molecule has 0 bridgehead atoms. The van der Waals surface area contributed by atoms with Crippen LogP contribution in [-0.2, 0) is 4.57 Å². The van der Waals surface area contributed by atoms with E-state index < -0.39 is 7.14 Å². The van der Waals surface area contributed by atoms with Gasteiger partial charge in [0.2, 0.25) is 0 Å². The van der Waals surface area contributed by atoms with Crippen molar-refractivity contribution in [3.63, 3.8) is 0 Å². The number of nitrogens with zero attached hydrogens (tertiary/aromatic N) is 1. The van der Waals surface area contributed by atoms with Crippen LogP contribution in [0, 0.1) is 0 Å². The summed E-state index contributed by atoms with van der Waals surface area (Å²) in [6.07, 6.45) is 0. The number of rotatable bonds is 2. The molecule has 23 heavy (non-hydrogen) atoms. The largest absolute Gasteiger partial charge is 0.507 e. The molecule has 0 saturated heterocycles. The van der Waals surface area contributed by atoms with Gasteiger partial charge in [-0.3, -0.25) is 0 Å². The normalized spacial score (nSPS) is 19.2. The second-order valence-electron chi connectivity index (χ2n) is 5.39. The lowest BCUT2D eigenvalue weighted by Crippen LogP contribution is -2.19. The van der Waals surface area contributed by atoms with Crippen molar-refractivity contribution in [2.24, 2.45) is 4.99 Å². The van der Waals surface area contributed by atoms with Crippen LogP contribution in [-0.4, -0.2) is 10.6 Å². The van der Waals surface area contributed by atoms with E-state index in [1.807, 2.05) is 60.7 Å². The van der Waals surface area contributed by atoms with Crippen LogP contribution in [0.25, 0.3) is 0 Å². The maximum Gasteiger partial charge on any atom is 0.191 e. The molecule has 0 spiro atoms. The van der Waals surface area contributed by atoms with E-state index in [0.717, 1.165) is 10.6 Å². The molecule has 1 aliphatic rings. The maximum absolute atomic E-state index is 14.1. The van der Waals surface area contributed by atoms with Crippen molar-refractivity contribution in [1.29, 1.82) is 0 Å². The number of aromatic hydroxyl groups is 1. The maximum atomic E-state index is 14.1. The second kappa shape index (κ2) is 5.22. The Morgan fingerprint density at radius 3 is 2.22 bits per heavy atom. The van der Waals surface area contributed by atoms with Crippen LogP contribution in [0.3, 0.4) is 0 Å². The summed E-state index contributed by atoms with van der Waals surface area (Å²) in [5, 5.41) is 11.7. The van der Waals surface area contributed by atoms with Crippen molar-refractivity contribution in [3.8, 4) is 5.75 Å². The van der Waals surface area contributed by atoms with Gasteiger partial charge < -0.3 is 9.67 Å². The van der Waals surface area contributed by atoms with Crippen LogP contribution >= 0.6 is 7.14 Å². The number of fused-ring (bicyclic) bond motifs is 1. The summed E-state index contributed by atoms with van der Waals surface area (Å²) >= 11 is 0. The standard InChI is InChI=1S/C19H14NO2P/c21-17-12-6-4-10-15(17)19-20-16-11-5-7-13-18(16)23(19,22)14-8-2-1-3-9-14/h1-13,21H. The Balaban J connectivity index is 2.03. The third kappa shape index (κ3) is 2.05. The minimum absolute atomic E-state index is 0.0928. The van der Waals surface area contributed by atoms with E-state index in [4.69, 9.17) is 0 Å². The Morgan fingerprint density at radius 2 is 1.43 bits per heavy atom. The van der Waals surface area contributed by atoms with Crippen molar-refractivity contribution < 1.29 is 9.67 Å². The average molecular weight is 319 g/mol. The molecule has 3 aromatic rings. The molecule has 112 valence electrons. The molecule has 0 fully saturated rings. The quantitative estimate of drug-likeness (QED) is 0.731. The summed E-state index contributed by atoms with van der Waals surface area (Å²) in [4.78, 5) is 4.61. The van der Waals surface area contributed by atoms with Gasteiger partial charge in [0, 0.05) is 16.2 Å². The number of benzene rings is 3. The van der Waals surface area contributed by atoms with Gasteiger partial charge in [-0.25, -0.2) is 4.99 Å². The molecule has 4 rings (SSSR count). The van der Waals surface area contributed by atoms with Gasteiger partial charge in [0.25, 0.3) is 0 Å². The molecule has 3 nitrogen and oxygen atoms in total. The van der Waals surface area contributed by atoms with Gasteiger partial charge in [0.05, 0.1) is 5.69 Å². The highest BCUT2D eigenvalue weighted by Gasteiger charge is 2.41. The number of hydrogen-bond acceptors (Lipinski definition) is 3. The molecule has 3 aromatic carbocycles. The molecule has 1 N–H and O–H groups in total. The van der Waals surface area contributed by atoms with Crippen molar-refractivity contribution in [3.05, 3.63) is 84.4 Å². The van der Waals surface area contributed by atoms with E-state index in [9.17, 15) is 9.67 Å². The van der Waals surface area contributed by atoms with E-state index in [2.05, 4.69) is 4.99 Å². The highest BCUT2D eigenvalue weighted by atomic mass is 31.2. The first-order valence-electron chi connectivity index (χ1n) is 7.34. The molecular formula is C19H14NO2P. The van der Waals surface area contributed by atoms with Crippen LogP contribution in [0.1, 0.15) is 5.56 Å². The molecule has 0 amide bonds. The van der Waals surface area contributed by atoms with Gasteiger partial charge in [-0.1, -0.05) is 54.6 Å². The minimum Gasteiger partial charge on any atom is -0.507 e. The van der Waals surface area contributed by atoms with Gasteiger partial charge in [-0.15, -0.1) is 0 Å². The Kier molecular flexibility index (Phi) is 3.17. The van der Waals surface area contributed by atoms with Crippen molar-refractivity contribution in [2.45, 2.75) is 0 Å². The van der Waals surface area contributed by atoms with E-state index in [0.29, 0.717) is 16.7 Å². The van der Waals surface area contributed by atoms with Crippen molar-refractivity contribution >= 4 is 28.9 Å². The van der Waals surface area contributed by atoms with Gasteiger partial charge in [0.15, 0.2) is 7.14 Å². The molecular weight excluding hydrogens is 305 g/mol. The fraction of sp³-hybridized carbons (Fsp3) is 0. The summed E-state index contributed by atoms with van der Waals surface area (Å²) < 4.78 is 14.1. The number of phenols is 1. The number of para-hydroxylation sites is 2. The Morgan fingerprint density at radius 1 is 0.783 bits per heavy atom. The van der Waals surface area contributed by atoms with Gasteiger partial charge in [-0.2, -0.15) is 0 Å². The van der Waals surface area contributed by atoms with Crippen molar-refractivity contribution in [2.75, 3.05) is 0 Å². The van der Waals surface area contributed by atoms with Gasteiger partial charge in [0.1, 0.15) is 11.2 Å². The zero-order chi connectivity index (χ0) is 15.9. The first-order chi connectivity index (χ1) is 11.2. The smallest absolute Gasteiger partial charge is 0.191 e. The molecule has 1 heterocycles. The average Bonchev–Trinajstić information content (AvgIpc) is 2.91. The van der Waals surface area contributed by atoms with Gasteiger partial charge in [-0.05, 0) is 24.3 Å². The molecule has 4 heteroatoms. The fourth-order valence-electron chi connectivity index (χ4n) is 2.92. The summed E-state index contributed by atoms with van der Waals surface area (Å²) in [7, 11) is -3.08. The minimum atomic E-state index is -3.08. The predicted molar refractivity (Wildman–Crippen MR) is 94.1 cm³/mol. The second-order valence-corrected chi connectivity index (χ2v) is 8.03. The van der Waals surface area contributed by atoms with E-state index in [1.54, 1.807) is 18.2 Å². The van der Waals surface area contributed by atoms with Crippen LogP contribution in [0.2, 0.25) is 0 Å². The van der Waals surface area contributed by atoms with Crippen LogP contribution in [0.15, 0.2) is 83.9 Å². The zero-order valence-electron chi connectivity index (χ0n) is 12.3. The Bertz CT molecular complexity index is 964. The van der Waals surface area contributed by atoms with Crippen LogP contribution < -0.4 is 10.6 Å². The summed E-state index contributed by atoms with van der Waals surface area (Å²) in [5.41, 5.74) is 1.68. The molecule has 1 atom stereocenters. The molecule has 1 unspecified atom stereocenters. The number of aliphatic imine (C=N–C) groups is 1. The molecule has 0 saturated carbocycles. The summed E-state index contributed by atoms with van der Waals surface area (Å²) in [6, 6.07) is 23.7. The lowest BCUT2D eigenvalue weighted by atomic mass is 10.2. The van der Waals surface area contributed by atoms with E-state index in [-0.39, 0.29) is 5.75 Å². The highest BCUT2D eigenvalue weighted by Crippen LogP contribution is 2.55. The molecule has 0 radical (unpaired) electrons. The zero-order valence-corrected chi connectivity index (χ0v) is 13.1. The van der Waals surface area contributed by atoms with E-state index >= 15 is 0 Å². The first-order valence-corrected chi connectivity index (χ1v) is 9.05. The number of phenolic OH excluding ortho intramolecular Hbond substituents is 1. The Hall–Kier alpha value is -2.64. The third-order valence-corrected chi connectivity index (χ3v) is 7.03. The monoisotopic (exact) mass is 319 g/mol. The Labute approximate surface area is 134 Å². The third-order valence-electron chi connectivity index (χ3n) is 4.01. The highest BCUT2D eigenvalue weighted by molar-refractivity contribution is 7.94. The van der Waals surface area contributed by atoms with Gasteiger partial charge >= 0.3 is 0 Å². The van der Waals surface area contributed by atoms with Crippen LogP contribution in [0.5, 0.6) is 5.75 Å². The van der Waals surface area contributed by atoms with Crippen molar-refractivity contribution in [1.82, 2.24) is 0 Å². The molecule has 1 aliphatic heterocycles. The number of hydrogen-bond donors (Lipinski definition) is 1. The fourth-order valence-corrected chi connectivity index (χ4v) is 5.78. The summed E-state index contributed by atoms with van der Waals surface area (Å²) in [5.74, 6) is 0.0928. The molecule has 0 aliphatic carbocycles. The SMILES string of the molecule is O=P1(c2ccccc2)C(c2ccccc2O)=Nc2ccccc21. The lowest BCUT2D eigenvalue weighted by molar-refractivity contribution is 0.474. The lowest BCUT2D eigenvalue weighted by Gasteiger charge is -2.17. The summed E-state index contributed by atoms with van der Waals surface area (Å²) in [6.45, 7) is 0. The van der Waals surface area contributed by atoms with E-state index in [1.165, 1.54) is 0 Å². The molecule has 0 aromatic heterocycles. The predicted octanol–water partition coefficient (Wildman–Crippen LogP) is 3.80.